The molecule has 0 bridgehead atoms. The molecule has 0 spiro atoms. The molecule has 27 heavy (non-hydrogen) atoms. The molecule has 1 fully saturated rings. The summed E-state index contributed by atoms with van der Waals surface area (Å²) in [5.74, 6) is 0.336. The molecular weight excluding hydrogens is 355 g/mol. The van der Waals surface area contributed by atoms with Gasteiger partial charge in [0.05, 0.1) is 0 Å². The average Bonchev–Trinajstić information content (AvgIpc) is 2.66. The van der Waals surface area contributed by atoms with Crippen LogP contribution < -0.4 is 4.74 Å². The fourth-order valence-corrected chi connectivity index (χ4v) is 3.30. The van der Waals surface area contributed by atoms with E-state index >= 15 is 0 Å². The van der Waals surface area contributed by atoms with Gasteiger partial charge in [0.15, 0.2) is 0 Å². The summed E-state index contributed by atoms with van der Waals surface area (Å²) in [5, 5.41) is 3.73. The minimum atomic E-state index is -4.74. The summed E-state index contributed by atoms with van der Waals surface area (Å²) in [4.78, 5) is 5.09. The van der Waals surface area contributed by atoms with Crippen LogP contribution in [0, 0.1) is 0 Å². The van der Waals surface area contributed by atoms with Crippen LogP contribution in [-0.2, 0) is 11.4 Å². The van der Waals surface area contributed by atoms with Crippen LogP contribution in [0.5, 0.6) is 5.75 Å². The zero-order chi connectivity index (χ0) is 19.1. The second kappa shape index (κ2) is 8.93. The van der Waals surface area contributed by atoms with Gasteiger partial charge in [0.1, 0.15) is 18.6 Å². The Morgan fingerprint density at radius 1 is 0.963 bits per heavy atom. The van der Waals surface area contributed by atoms with Crippen molar-refractivity contribution in [2.24, 2.45) is 5.16 Å². The minimum Gasteiger partial charge on any atom is -0.405 e. The van der Waals surface area contributed by atoms with Crippen LogP contribution in [0.2, 0.25) is 0 Å². The van der Waals surface area contributed by atoms with Crippen molar-refractivity contribution in [2.75, 3.05) is 0 Å². The van der Waals surface area contributed by atoms with E-state index in [2.05, 4.69) is 28.2 Å². The maximum atomic E-state index is 12.4. The van der Waals surface area contributed by atoms with Crippen LogP contribution in [0.4, 0.5) is 13.2 Å². The van der Waals surface area contributed by atoms with E-state index in [4.69, 9.17) is 4.84 Å². The van der Waals surface area contributed by atoms with E-state index in [1.54, 1.807) is 6.07 Å². The smallest absolute Gasteiger partial charge is 0.405 e. The van der Waals surface area contributed by atoms with Crippen LogP contribution in [0.25, 0.3) is 0 Å². The number of alkyl halides is 3. The van der Waals surface area contributed by atoms with Crippen molar-refractivity contribution >= 4 is 6.21 Å². The van der Waals surface area contributed by atoms with E-state index in [0.717, 1.165) is 5.56 Å². The average molecular weight is 376 g/mol. The lowest BCUT2D eigenvalue weighted by molar-refractivity contribution is -0.275. The number of benzene rings is 2. The molecule has 0 saturated heterocycles. The summed E-state index contributed by atoms with van der Waals surface area (Å²) in [6, 6.07) is 13.8. The fraction of sp³-hybridized carbons (Fsp3) is 0.381. The van der Waals surface area contributed by atoms with Gasteiger partial charge in [-0.05, 0) is 30.4 Å². The third kappa shape index (κ3) is 6.01. The number of nitrogens with zero attached hydrogens (tertiary/aromatic N) is 1. The zero-order valence-corrected chi connectivity index (χ0v) is 14.8. The molecule has 0 atom stereocenters. The highest BCUT2D eigenvalue weighted by molar-refractivity contribution is 5.79. The molecule has 6 heteroatoms. The van der Waals surface area contributed by atoms with Gasteiger partial charge in [-0.1, -0.05) is 66.9 Å². The van der Waals surface area contributed by atoms with E-state index in [1.165, 1.54) is 55.9 Å². The Hall–Kier alpha value is -2.50. The quantitative estimate of drug-likeness (QED) is 0.453. The van der Waals surface area contributed by atoms with Crippen LogP contribution in [0.3, 0.4) is 0 Å². The van der Waals surface area contributed by atoms with Crippen molar-refractivity contribution in [1.82, 2.24) is 0 Å². The van der Waals surface area contributed by atoms with Crippen LogP contribution in [0.15, 0.2) is 53.7 Å². The molecule has 1 radical (unpaired) electrons. The molecule has 2 aromatic rings. The van der Waals surface area contributed by atoms with Crippen molar-refractivity contribution in [3.05, 3.63) is 65.2 Å². The van der Waals surface area contributed by atoms with Crippen molar-refractivity contribution in [2.45, 2.75) is 51.0 Å². The molecule has 2 aromatic carbocycles. The number of halogens is 3. The molecule has 0 N–H and O–H groups in total. The summed E-state index contributed by atoms with van der Waals surface area (Å²) >= 11 is 0. The number of ether oxygens (including phenoxy) is 1. The van der Waals surface area contributed by atoms with Gasteiger partial charge in [0.25, 0.3) is 0 Å². The lowest BCUT2D eigenvalue weighted by Gasteiger charge is -2.21. The first-order valence-corrected chi connectivity index (χ1v) is 9.03. The third-order valence-electron chi connectivity index (χ3n) is 4.64. The first-order chi connectivity index (χ1) is 13.0. The molecular formula is C21H21F3NO2. The Labute approximate surface area is 156 Å². The first-order valence-electron chi connectivity index (χ1n) is 9.03. The molecule has 1 aliphatic rings. The van der Waals surface area contributed by atoms with E-state index in [9.17, 15) is 13.2 Å². The largest absolute Gasteiger partial charge is 0.573 e. The molecule has 0 amide bonds. The summed E-state index contributed by atoms with van der Waals surface area (Å²) in [7, 11) is 0. The van der Waals surface area contributed by atoms with Crippen LogP contribution >= 0.6 is 0 Å². The highest BCUT2D eigenvalue weighted by atomic mass is 19.4. The standard InChI is InChI=1S/C21H21F3NO2/c22-21(23,24)27-20-9-5-4-8-19(20)15-26-25-14-16-10-12-18(13-11-16)17-6-2-1-3-7-17/h4-5,8-13,17H,1-3,6-7,15H2. The summed E-state index contributed by atoms with van der Waals surface area (Å²) in [6.07, 6.45) is 4.37. The van der Waals surface area contributed by atoms with E-state index in [1.807, 2.05) is 12.1 Å². The van der Waals surface area contributed by atoms with Gasteiger partial charge in [0.2, 0.25) is 0 Å². The van der Waals surface area contributed by atoms with E-state index in [0.29, 0.717) is 5.92 Å². The van der Waals surface area contributed by atoms with Crippen molar-refractivity contribution in [3.8, 4) is 5.75 Å². The maximum Gasteiger partial charge on any atom is 0.573 e. The predicted octanol–water partition coefficient (Wildman–Crippen LogP) is 6.06. The van der Waals surface area contributed by atoms with Gasteiger partial charge < -0.3 is 9.57 Å². The van der Waals surface area contributed by atoms with Gasteiger partial charge in [-0.3, -0.25) is 0 Å². The van der Waals surface area contributed by atoms with Gasteiger partial charge in [-0.15, -0.1) is 13.2 Å². The summed E-state index contributed by atoms with van der Waals surface area (Å²) < 4.78 is 41.2. The van der Waals surface area contributed by atoms with Crippen molar-refractivity contribution < 1.29 is 22.7 Å². The predicted molar refractivity (Wildman–Crippen MR) is 96.7 cm³/mol. The topological polar surface area (TPSA) is 30.8 Å². The number of hydrogen-bond acceptors (Lipinski definition) is 3. The highest BCUT2D eigenvalue weighted by Crippen LogP contribution is 2.32. The number of hydrogen-bond donors (Lipinski definition) is 0. The van der Waals surface area contributed by atoms with Gasteiger partial charge in [-0.25, -0.2) is 0 Å². The molecule has 143 valence electrons. The van der Waals surface area contributed by atoms with Gasteiger partial charge in [-0.2, -0.15) is 0 Å². The third-order valence-corrected chi connectivity index (χ3v) is 4.64. The molecule has 1 aliphatic carbocycles. The second-order valence-electron chi connectivity index (χ2n) is 6.59. The molecule has 3 rings (SSSR count). The lowest BCUT2D eigenvalue weighted by Crippen LogP contribution is -2.18. The normalized spacial score (nSPS) is 15.8. The summed E-state index contributed by atoms with van der Waals surface area (Å²) in [5.41, 5.74) is 2.35. The van der Waals surface area contributed by atoms with Gasteiger partial charge in [0, 0.05) is 11.1 Å². The molecule has 0 heterocycles. The van der Waals surface area contributed by atoms with E-state index < -0.39 is 6.36 Å². The molecule has 3 nitrogen and oxygen atoms in total. The summed E-state index contributed by atoms with van der Waals surface area (Å²) in [6.45, 7) is -0.139. The molecule has 0 aromatic heterocycles. The Morgan fingerprint density at radius 3 is 2.37 bits per heavy atom. The highest BCUT2D eigenvalue weighted by Gasteiger charge is 2.32. The second-order valence-corrected chi connectivity index (χ2v) is 6.59. The van der Waals surface area contributed by atoms with Crippen LogP contribution in [0.1, 0.15) is 54.7 Å². The van der Waals surface area contributed by atoms with Crippen LogP contribution in [-0.4, -0.2) is 12.6 Å². The van der Waals surface area contributed by atoms with Crippen molar-refractivity contribution in [1.29, 1.82) is 0 Å². The molecule has 0 unspecified atom stereocenters. The van der Waals surface area contributed by atoms with E-state index in [-0.39, 0.29) is 17.9 Å². The minimum absolute atomic E-state index is 0.139. The molecule has 1 saturated carbocycles. The monoisotopic (exact) mass is 376 g/mol. The van der Waals surface area contributed by atoms with Crippen molar-refractivity contribution in [3.63, 3.8) is 0 Å². The Kier molecular flexibility index (Phi) is 6.37. The maximum absolute atomic E-state index is 12.4. The Morgan fingerprint density at radius 2 is 1.67 bits per heavy atom. The first kappa shape index (κ1) is 19.3. The Bertz CT molecular complexity index is 751. The van der Waals surface area contributed by atoms with Gasteiger partial charge >= 0.3 is 6.36 Å². The zero-order valence-electron chi connectivity index (χ0n) is 14.8. The Balaban J connectivity index is 1.54. The fourth-order valence-electron chi connectivity index (χ4n) is 3.30. The number of para-hydroxylation sites is 1. The lowest BCUT2D eigenvalue weighted by atomic mass is 9.84. The molecule has 0 aliphatic heterocycles. The number of rotatable bonds is 6. The SMILES string of the molecule is FC(F)(F)Oc1ccccc1CON=[C]c1ccc(C2CCCCC2)cc1.